The average molecular weight is 353 g/mol. The van der Waals surface area contributed by atoms with Crippen molar-refractivity contribution < 1.29 is 14.6 Å². The predicted molar refractivity (Wildman–Crippen MR) is 98.3 cm³/mol. The number of ether oxygens (including phenoxy) is 1. The van der Waals surface area contributed by atoms with Crippen LogP contribution in [0.4, 0.5) is 5.13 Å². The van der Waals surface area contributed by atoms with Gasteiger partial charge in [-0.3, -0.25) is 5.43 Å². The Kier molecular flexibility index (Phi) is 5.38. The first-order chi connectivity index (χ1) is 12.2. The molecule has 0 spiro atoms. The quantitative estimate of drug-likeness (QED) is 0.500. The van der Waals surface area contributed by atoms with Gasteiger partial charge in [0.25, 0.3) is 0 Å². The Hall–Kier alpha value is -3.19. The highest BCUT2D eigenvalue weighted by molar-refractivity contribution is 7.14. The summed E-state index contributed by atoms with van der Waals surface area (Å²) in [5.74, 6) is -0.506. The molecular weight excluding hydrogens is 338 g/mol. The Bertz CT molecular complexity index is 861. The lowest BCUT2D eigenvalue weighted by Crippen LogP contribution is -2.09. The Morgan fingerprint density at radius 1 is 1.20 bits per heavy atom. The van der Waals surface area contributed by atoms with E-state index in [2.05, 4.69) is 15.5 Å². The molecule has 7 heteroatoms. The number of hydrogen-bond acceptors (Lipinski definition) is 6. The summed E-state index contributed by atoms with van der Waals surface area (Å²) in [7, 11) is 0. The van der Waals surface area contributed by atoms with E-state index < -0.39 is 5.97 Å². The zero-order valence-corrected chi connectivity index (χ0v) is 13.9. The third kappa shape index (κ3) is 4.89. The standard InChI is InChI=1S/C18H15N3O3S/c22-17(23)11-24-15-8-6-13(7-9-15)10-19-21-18-20-16(12-25-18)14-4-2-1-3-5-14/h1-10,12H,11H2,(H,20,21)(H,22,23)/b19-10-. The highest BCUT2D eigenvalue weighted by Gasteiger charge is 2.03. The van der Waals surface area contributed by atoms with E-state index in [0.717, 1.165) is 16.8 Å². The van der Waals surface area contributed by atoms with Crippen molar-refractivity contribution in [3.8, 4) is 17.0 Å². The second-order valence-electron chi connectivity index (χ2n) is 5.03. The first-order valence-electron chi connectivity index (χ1n) is 7.45. The number of carbonyl (C=O) groups is 1. The highest BCUT2D eigenvalue weighted by atomic mass is 32.1. The maximum atomic E-state index is 10.4. The van der Waals surface area contributed by atoms with Crippen molar-refractivity contribution in [3.05, 3.63) is 65.5 Å². The van der Waals surface area contributed by atoms with Crippen LogP contribution in [0.15, 0.2) is 65.1 Å². The number of aliphatic carboxylic acids is 1. The molecule has 0 atom stereocenters. The van der Waals surface area contributed by atoms with E-state index in [1.165, 1.54) is 11.3 Å². The molecule has 0 aliphatic heterocycles. The lowest BCUT2D eigenvalue weighted by atomic mass is 10.2. The molecule has 6 nitrogen and oxygen atoms in total. The van der Waals surface area contributed by atoms with Crippen molar-refractivity contribution in [1.29, 1.82) is 0 Å². The van der Waals surface area contributed by atoms with Gasteiger partial charge in [-0.05, 0) is 29.8 Å². The fourth-order valence-electron chi connectivity index (χ4n) is 2.02. The Balaban J connectivity index is 1.56. The van der Waals surface area contributed by atoms with E-state index in [0.29, 0.717) is 10.9 Å². The number of hydrazone groups is 1. The SMILES string of the molecule is O=C(O)COc1ccc(/C=N\Nc2nc(-c3ccccc3)cs2)cc1. The van der Waals surface area contributed by atoms with Gasteiger partial charge in [0.2, 0.25) is 5.13 Å². The number of carboxylic acid groups (broad SMARTS) is 1. The lowest BCUT2D eigenvalue weighted by Gasteiger charge is -2.02. The molecule has 0 bridgehead atoms. The summed E-state index contributed by atoms with van der Waals surface area (Å²) in [6.45, 7) is -0.358. The number of aromatic nitrogens is 1. The summed E-state index contributed by atoms with van der Waals surface area (Å²) in [6, 6.07) is 16.9. The van der Waals surface area contributed by atoms with Gasteiger partial charge in [-0.1, -0.05) is 30.3 Å². The van der Waals surface area contributed by atoms with Crippen molar-refractivity contribution in [2.45, 2.75) is 0 Å². The Morgan fingerprint density at radius 3 is 2.68 bits per heavy atom. The number of rotatable bonds is 7. The third-order valence-corrected chi connectivity index (χ3v) is 3.94. The molecule has 1 heterocycles. The first-order valence-corrected chi connectivity index (χ1v) is 8.33. The number of benzene rings is 2. The van der Waals surface area contributed by atoms with Crippen molar-refractivity contribution in [2.75, 3.05) is 12.0 Å². The van der Waals surface area contributed by atoms with E-state index in [-0.39, 0.29) is 6.61 Å². The zero-order chi connectivity index (χ0) is 17.5. The molecule has 25 heavy (non-hydrogen) atoms. The van der Waals surface area contributed by atoms with E-state index in [4.69, 9.17) is 9.84 Å². The van der Waals surface area contributed by atoms with Crippen LogP contribution in [0.1, 0.15) is 5.56 Å². The predicted octanol–water partition coefficient (Wildman–Crippen LogP) is 3.72. The maximum Gasteiger partial charge on any atom is 0.341 e. The number of carboxylic acids is 1. The van der Waals surface area contributed by atoms with Crippen molar-refractivity contribution in [3.63, 3.8) is 0 Å². The molecule has 0 aliphatic rings. The monoisotopic (exact) mass is 353 g/mol. The molecule has 0 aliphatic carbocycles. The number of nitrogens with zero attached hydrogens (tertiary/aromatic N) is 2. The minimum absolute atomic E-state index is 0.358. The van der Waals surface area contributed by atoms with Crippen LogP contribution in [0.5, 0.6) is 5.75 Å². The van der Waals surface area contributed by atoms with E-state index in [9.17, 15) is 4.79 Å². The Labute approximate surface area is 148 Å². The van der Waals surface area contributed by atoms with Crippen LogP contribution in [0.3, 0.4) is 0 Å². The first kappa shape index (κ1) is 16.7. The largest absolute Gasteiger partial charge is 0.482 e. The molecule has 126 valence electrons. The van der Waals surface area contributed by atoms with Gasteiger partial charge in [-0.2, -0.15) is 5.10 Å². The summed E-state index contributed by atoms with van der Waals surface area (Å²) in [6.07, 6.45) is 1.66. The molecule has 0 unspecified atom stereocenters. The fourth-order valence-corrected chi connectivity index (χ4v) is 2.69. The summed E-state index contributed by atoms with van der Waals surface area (Å²) in [5, 5.41) is 15.4. The van der Waals surface area contributed by atoms with Gasteiger partial charge in [0.1, 0.15) is 5.75 Å². The van der Waals surface area contributed by atoms with Gasteiger partial charge in [0.05, 0.1) is 11.9 Å². The molecule has 0 radical (unpaired) electrons. The zero-order valence-electron chi connectivity index (χ0n) is 13.1. The van der Waals surface area contributed by atoms with E-state index in [1.54, 1.807) is 30.5 Å². The summed E-state index contributed by atoms with van der Waals surface area (Å²) >= 11 is 1.48. The summed E-state index contributed by atoms with van der Waals surface area (Å²) in [5.41, 5.74) is 5.73. The minimum Gasteiger partial charge on any atom is -0.482 e. The van der Waals surface area contributed by atoms with Gasteiger partial charge in [-0.25, -0.2) is 9.78 Å². The van der Waals surface area contributed by atoms with Crippen LogP contribution in [-0.2, 0) is 4.79 Å². The molecule has 2 N–H and O–H groups in total. The van der Waals surface area contributed by atoms with Crippen LogP contribution < -0.4 is 10.2 Å². The Morgan fingerprint density at radius 2 is 1.96 bits per heavy atom. The van der Waals surface area contributed by atoms with Gasteiger partial charge in [0.15, 0.2) is 6.61 Å². The van der Waals surface area contributed by atoms with Gasteiger partial charge in [-0.15, -0.1) is 11.3 Å². The second-order valence-corrected chi connectivity index (χ2v) is 5.88. The lowest BCUT2D eigenvalue weighted by molar-refractivity contribution is -0.139. The number of nitrogens with one attached hydrogen (secondary N) is 1. The molecule has 0 saturated carbocycles. The highest BCUT2D eigenvalue weighted by Crippen LogP contribution is 2.24. The molecule has 0 fully saturated rings. The molecule has 0 saturated heterocycles. The van der Waals surface area contributed by atoms with Crippen LogP contribution in [0.2, 0.25) is 0 Å². The topological polar surface area (TPSA) is 83.8 Å². The fraction of sp³-hybridized carbons (Fsp3) is 0.0556. The number of hydrogen-bond donors (Lipinski definition) is 2. The maximum absolute atomic E-state index is 10.4. The van der Waals surface area contributed by atoms with Crippen LogP contribution in [-0.4, -0.2) is 28.9 Å². The minimum atomic E-state index is -1.01. The normalized spacial score (nSPS) is 10.7. The van der Waals surface area contributed by atoms with Gasteiger partial charge in [0, 0.05) is 10.9 Å². The van der Waals surface area contributed by atoms with Crippen LogP contribution in [0, 0.1) is 0 Å². The summed E-state index contributed by atoms with van der Waals surface area (Å²) in [4.78, 5) is 14.9. The smallest absolute Gasteiger partial charge is 0.341 e. The van der Waals surface area contributed by atoms with Crippen LogP contribution >= 0.6 is 11.3 Å². The summed E-state index contributed by atoms with van der Waals surface area (Å²) < 4.78 is 5.07. The van der Waals surface area contributed by atoms with Crippen molar-refractivity contribution >= 4 is 28.7 Å². The number of thiazole rings is 1. The molecular formula is C18H15N3O3S. The van der Waals surface area contributed by atoms with Gasteiger partial charge >= 0.3 is 5.97 Å². The molecule has 3 aromatic rings. The second kappa shape index (κ2) is 8.07. The van der Waals surface area contributed by atoms with Gasteiger partial charge < -0.3 is 9.84 Å². The van der Waals surface area contributed by atoms with Crippen LogP contribution in [0.25, 0.3) is 11.3 Å². The molecule has 1 aromatic heterocycles. The molecule has 3 rings (SSSR count). The number of anilines is 1. The molecule has 0 amide bonds. The van der Waals surface area contributed by atoms with E-state index >= 15 is 0 Å². The third-order valence-electron chi connectivity index (χ3n) is 3.19. The van der Waals surface area contributed by atoms with E-state index in [1.807, 2.05) is 35.7 Å². The van der Waals surface area contributed by atoms with Crippen molar-refractivity contribution in [1.82, 2.24) is 4.98 Å². The van der Waals surface area contributed by atoms with Crippen molar-refractivity contribution in [2.24, 2.45) is 5.10 Å². The molecule has 2 aromatic carbocycles. The average Bonchev–Trinajstić information content (AvgIpc) is 3.11.